The van der Waals surface area contributed by atoms with Gasteiger partial charge in [0, 0.05) is 18.1 Å². The van der Waals surface area contributed by atoms with Gasteiger partial charge >= 0.3 is 57.4 Å². The van der Waals surface area contributed by atoms with Crippen LogP contribution in [0.5, 0.6) is 11.5 Å². The molecule has 0 aliphatic carbocycles. The minimum absolute atomic E-state index is 0. The zero-order chi connectivity index (χ0) is 16.7. The summed E-state index contributed by atoms with van der Waals surface area (Å²) in [4.78, 5) is 12.4. The van der Waals surface area contributed by atoms with Gasteiger partial charge in [-0.25, -0.2) is 4.79 Å². The van der Waals surface area contributed by atoms with Crippen molar-refractivity contribution in [2.24, 2.45) is 0 Å². The van der Waals surface area contributed by atoms with Crippen LogP contribution in [0.1, 0.15) is 29.9 Å². The summed E-state index contributed by atoms with van der Waals surface area (Å²) in [6.45, 7) is 0. The molecular weight excluding hydrogens is 343 g/mol. The number of phenolic OH excluding ortho intramolecular Hbond substituents is 2. The van der Waals surface area contributed by atoms with Crippen LogP contribution in [0.3, 0.4) is 0 Å². The second-order valence-electron chi connectivity index (χ2n) is 5.71. The van der Waals surface area contributed by atoms with Crippen LogP contribution in [0.25, 0.3) is 0 Å². The number of phenols is 2. The Kier molecular flexibility index (Phi) is 5.04. The fraction of sp³-hybridized carbons (Fsp3) is 0.0500. The van der Waals surface area contributed by atoms with Crippen molar-refractivity contribution in [3.8, 4) is 11.5 Å². The van der Waals surface area contributed by atoms with Gasteiger partial charge in [-0.1, -0.05) is 42.5 Å². The zero-order valence-electron chi connectivity index (χ0n) is 14.6. The number of benzene rings is 3. The van der Waals surface area contributed by atoms with Gasteiger partial charge < -0.3 is 16.4 Å². The predicted octanol–water partition coefficient (Wildman–Crippen LogP) is 0.923. The van der Waals surface area contributed by atoms with Gasteiger partial charge in [0.2, 0.25) is 0 Å². The van der Waals surface area contributed by atoms with E-state index in [-0.39, 0.29) is 65.7 Å². The Morgan fingerprint density at radius 3 is 1.80 bits per heavy atom. The summed E-state index contributed by atoms with van der Waals surface area (Å²) in [5, 5.41) is 19.2. The van der Waals surface area contributed by atoms with Crippen LogP contribution < -0.4 is 51.4 Å². The normalized spacial score (nSPS) is 14.3. The maximum atomic E-state index is 12.4. The van der Waals surface area contributed by atoms with Crippen molar-refractivity contribution < 1.29 is 74.0 Å². The van der Waals surface area contributed by atoms with Crippen molar-refractivity contribution in [3.63, 3.8) is 0 Å². The molecule has 3 aromatic carbocycles. The van der Waals surface area contributed by atoms with E-state index in [2.05, 4.69) is 0 Å². The number of fused-ring (bicyclic) bond motifs is 1. The van der Waals surface area contributed by atoms with Crippen molar-refractivity contribution in [1.82, 2.24) is 0 Å². The third-order valence-corrected chi connectivity index (χ3v) is 4.32. The number of ether oxygens (including phenoxy) is 1. The van der Waals surface area contributed by atoms with E-state index >= 15 is 0 Å². The molecule has 0 saturated carbocycles. The van der Waals surface area contributed by atoms with Crippen LogP contribution in [0.15, 0.2) is 72.8 Å². The van der Waals surface area contributed by atoms with E-state index in [9.17, 15) is 15.0 Å². The number of aromatic hydroxyl groups is 2. The Morgan fingerprint density at radius 2 is 1.28 bits per heavy atom. The topological polar surface area (TPSA) is 66.8 Å². The minimum Gasteiger partial charge on any atom is -1.00 e. The summed E-state index contributed by atoms with van der Waals surface area (Å²) < 4.78 is 5.87. The number of carbonyl (C=O) groups excluding carboxylic acids is 1. The van der Waals surface area contributed by atoms with E-state index in [1.807, 2.05) is 12.1 Å². The molecule has 0 spiro atoms. The zero-order valence-corrected chi connectivity index (χ0v) is 16.8. The summed E-state index contributed by atoms with van der Waals surface area (Å²) in [5.74, 6) is -0.124. The Bertz CT molecular complexity index is 882. The number of hydrogen-bond donors (Lipinski definition) is 2. The molecule has 0 fully saturated rings. The second kappa shape index (κ2) is 6.94. The first-order chi connectivity index (χ1) is 11.6. The summed E-state index contributed by atoms with van der Waals surface area (Å²) in [6, 6.07) is 20.4. The van der Waals surface area contributed by atoms with Crippen molar-refractivity contribution in [2.45, 2.75) is 5.60 Å². The molecule has 5 heteroatoms. The number of carbonyl (C=O) groups is 1. The van der Waals surface area contributed by atoms with E-state index in [0.717, 1.165) is 16.7 Å². The molecule has 0 amide bonds. The molecule has 4 nitrogen and oxygen atoms in total. The summed E-state index contributed by atoms with van der Waals surface area (Å²) in [7, 11) is 0. The van der Waals surface area contributed by atoms with Crippen molar-refractivity contribution in [1.29, 1.82) is 0 Å². The molecule has 25 heavy (non-hydrogen) atoms. The van der Waals surface area contributed by atoms with E-state index in [4.69, 9.17) is 4.74 Å². The van der Waals surface area contributed by atoms with Crippen LogP contribution in [0.4, 0.5) is 0 Å². The minimum atomic E-state index is -1.10. The Labute approximate surface area is 190 Å². The van der Waals surface area contributed by atoms with Gasteiger partial charge in [-0.05, 0) is 30.3 Å². The Morgan fingerprint density at radius 1 is 0.800 bits per heavy atom. The fourth-order valence-corrected chi connectivity index (χ4v) is 3.20. The molecule has 3 aromatic rings. The van der Waals surface area contributed by atoms with E-state index in [1.54, 1.807) is 60.7 Å². The first-order valence-electron chi connectivity index (χ1n) is 7.53. The largest absolute Gasteiger partial charge is 1.00 e. The number of cyclic esters (lactones) is 1. The number of hydrogen-bond acceptors (Lipinski definition) is 4. The van der Waals surface area contributed by atoms with Crippen molar-refractivity contribution >= 4 is 5.97 Å². The maximum Gasteiger partial charge on any atom is 1.00 e. The first-order valence-corrected chi connectivity index (χ1v) is 7.53. The standard InChI is InChI=1S/C20H14O4.K.H2.H/c21-15-9-5-13(6-10-15)20(14-7-11-16(22)12-8-14)18-4-2-1-3-17(18)19(23)24-20;;;/h1-12,21-22H;;1H;/q;+1;;-1. The van der Waals surface area contributed by atoms with Gasteiger partial charge in [0.05, 0.1) is 5.56 Å². The molecule has 1 heterocycles. The molecule has 0 aromatic heterocycles. The number of esters is 1. The van der Waals surface area contributed by atoms with Gasteiger partial charge in [0.15, 0.2) is 5.60 Å². The van der Waals surface area contributed by atoms with E-state index in [1.165, 1.54) is 0 Å². The predicted molar refractivity (Wildman–Crippen MR) is 91.2 cm³/mol. The van der Waals surface area contributed by atoms with Crippen LogP contribution in [0, 0.1) is 0 Å². The van der Waals surface area contributed by atoms with Crippen molar-refractivity contribution in [3.05, 3.63) is 95.1 Å². The fourth-order valence-electron chi connectivity index (χ4n) is 3.20. The molecule has 122 valence electrons. The first kappa shape index (κ1) is 18.2. The third kappa shape index (κ3) is 2.92. The van der Waals surface area contributed by atoms with Gasteiger partial charge in [0.25, 0.3) is 0 Å². The van der Waals surface area contributed by atoms with Gasteiger partial charge in [-0.3, -0.25) is 0 Å². The smallest absolute Gasteiger partial charge is 1.00 e. The molecule has 1 aliphatic rings. The van der Waals surface area contributed by atoms with E-state index in [0.29, 0.717) is 5.56 Å². The summed E-state index contributed by atoms with van der Waals surface area (Å²) in [6.07, 6.45) is 0. The maximum absolute atomic E-state index is 12.4. The summed E-state index contributed by atoms with van der Waals surface area (Å²) in [5.41, 5.74) is 1.60. The molecule has 0 radical (unpaired) electrons. The van der Waals surface area contributed by atoms with Crippen LogP contribution >= 0.6 is 0 Å². The molecular formula is C20H17KO4. The van der Waals surface area contributed by atoms with E-state index < -0.39 is 11.6 Å². The molecule has 0 saturated heterocycles. The number of rotatable bonds is 2. The quantitative estimate of drug-likeness (QED) is 0.527. The van der Waals surface area contributed by atoms with Gasteiger partial charge in [-0.2, -0.15) is 0 Å². The molecule has 0 bridgehead atoms. The summed E-state index contributed by atoms with van der Waals surface area (Å²) >= 11 is 0. The molecule has 4 rings (SSSR count). The SMILES string of the molecule is O=C1OC(c2ccc(O)cc2)(c2ccc(O)cc2)c2ccccc21.[H-].[HH].[K+]. The Hall–Kier alpha value is -1.63. The van der Waals surface area contributed by atoms with Crippen molar-refractivity contribution in [2.75, 3.05) is 0 Å². The third-order valence-electron chi connectivity index (χ3n) is 4.32. The van der Waals surface area contributed by atoms with Crippen LogP contribution in [-0.2, 0) is 10.3 Å². The second-order valence-corrected chi connectivity index (χ2v) is 5.71. The average Bonchev–Trinajstić information content (AvgIpc) is 2.91. The van der Waals surface area contributed by atoms with Gasteiger partial charge in [-0.15, -0.1) is 0 Å². The Balaban J connectivity index is 0.00000121. The van der Waals surface area contributed by atoms with Crippen LogP contribution in [-0.4, -0.2) is 16.2 Å². The van der Waals surface area contributed by atoms with Crippen LogP contribution in [0.2, 0.25) is 0 Å². The van der Waals surface area contributed by atoms with Gasteiger partial charge in [0.1, 0.15) is 11.5 Å². The molecule has 1 aliphatic heterocycles. The average molecular weight is 360 g/mol. The molecule has 0 atom stereocenters. The molecule has 0 unspecified atom stereocenters. The molecule has 2 N–H and O–H groups in total. The monoisotopic (exact) mass is 360 g/mol.